The van der Waals surface area contributed by atoms with Gasteiger partial charge in [-0.2, -0.15) is 9.61 Å². The zero-order valence-electron chi connectivity index (χ0n) is 13.4. The van der Waals surface area contributed by atoms with Crippen molar-refractivity contribution in [2.45, 2.75) is 25.6 Å². The predicted octanol–water partition coefficient (Wildman–Crippen LogP) is -0.607. The van der Waals surface area contributed by atoms with Crippen LogP contribution >= 0.6 is 0 Å². The van der Waals surface area contributed by atoms with Gasteiger partial charge in [0, 0.05) is 19.3 Å². The number of carbonyl (C=O) groups excluding carboxylic acids is 1. The summed E-state index contributed by atoms with van der Waals surface area (Å²) in [7, 11) is 0. The Morgan fingerprint density at radius 3 is 3.04 bits per heavy atom. The van der Waals surface area contributed by atoms with E-state index in [0.717, 1.165) is 12.1 Å². The Morgan fingerprint density at radius 2 is 2.20 bits per heavy atom. The second-order valence-corrected chi connectivity index (χ2v) is 5.96. The molecule has 1 atom stereocenters. The summed E-state index contributed by atoms with van der Waals surface area (Å²) in [5.41, 5.74) is 2.33. The van der Waals surface area contributed by atoms with Crippen molar-refractivity contribution >= 4 is 11.6 Å². The van der Waals surface area contributed by atoms with Crippen molar-refractivity contribution in [1.82, 2.24) is 34.7 Å². The van der Waals surface area contributed by atoms with Crippen LogP contribution in [0.25, 0.3) is 5.65 Å². The molecule has 0 aliphatic carbocycles. The zero-order valence-corrected chi connectivity index (χ0v) is 13.4. The molecule has 0 saturated heterocycles. The number of hydrogen-bond donors (Lipinski definition) is 2. The average molecular weight is 343 g/mol. The first kappa shape index (κ1) is 15.7. The molecule has 1 amide bonds. The molecular formula is C15H17N7O3. The number of carbonyl (C=O) groups is 1. The number of fused-ring (bicyclic) bond motifs is 2. The second-order valence-electron chi connectivity index (χ2n) is 5.96. The Morgan fingerprint density at radius 1 is 1.32 bits per heavy atom. The van der Waals surface area contributed by atoms with E-state index in [0.29, 0.717) is 36.5 Å². The number of nitrogens with zero attached hydrogens (tertiary/aromatic N) is 7. The molecule has 3 aromatic heterocycles. The molecule has 0 unspecified atom stereocenters. The third-order valence-electron chi connectivity index (χ3n) is 4.27. The molecule has 4 rings (SSSR count). The number of aliphatic hydroxyl groups excluding tert-OH is 2. The molecule has 0 saturated carbocycles. The van der Waals surface area contributed by atoms with Gasteiger partial charge in [0.05, 0.1) is 30.1 Å². The first-order valence-electron chi connectivity index (χ1n) is 7.98. The minimum atomic E-state index is -1.01. The third-order valence-corrected chi connectivity index (χ3v) is 4.27. The maximum Gasteiger partial charge on any atom is 0.255 e. The lowest BCUT2D eigenvalue weighted by molar-refractivity contribution is 0.0744. The van der Waals surface area contributed by atoms with Crippen LogP contribution in [0, 0.1) is 0 Å². The average Bonchev–Trinajstić information content (AvgIpc) is 3.21. The first-order valence-corrected chi connectivity index (χ1v) is 7.98. The molecule has 4 heterocycles. The maximum atomic E-state index is 12.8. The normalized spacial score (nSPS) is 15.8. The van der Waals surface area contributed by atoms with Gasteiger partial charge in [0.1, 0.15) is 6.10 Å². The number of amides is 1. The summed E-state index contributed by atoms with van der Waals surface area (Å²) >= 11 is 0. The molecule has 0 spiro atoms. The summed E-state index contributed by atoms with van der Waals surface area (Å²) in [4.78, 5) is 14.6. The van der Waals surface area contributed by atoms with E-state index in [1.807, 2.05) is 0 Å². The van der Waals surface area contributed by atoms with Gasteiger partial charge in [-0.3, -0.25) is 9.48 Å². The van der Waals surface area contributed by atoms with Crippen molar-refractivity contribution in [1.29, 1.82) is 0 Å². The highest BCUT2D eigenvalue weighted by Gasteiger charge is 2.23. The van der Waals surface area contributed by atoms with Gasteiger partial charge in [0.25, 0.3) is 5.91 Å². The number of tetrazole rings is 1. The number of aromatic nitrogens is 6. The molecule has 130 valence electrons. The van der Waals surface area contributed by atoms with Gasteiger partial charge in [-0.15, -0.1) is 5.10 Å². The van der Waals surface area contributed by atoms with E-state index in [9.17, 15) is 9.90 Å². The fourth-order valence-corrected chi connectivity index (χ4v) is 2.96. The molecule has 1 aliphatic rings. The lowest BCUT2D eigenvalue weighted by Gasteiger charge is -2.20. The monoisotopic (exact) mass is 343 g/mol. The number of aryl methyl sites for hydroxylation is 1. The van der Waals surface area contributed by atoms with Gasteiger partial charge in [-0.05, 0) is 35.0 Å². The fourth-order valence-electron chi connectivity index (χ4n) is 2.96. The molecule has 0 aromatic carbocycles. The van der Waals surface area contributed by atoms with E-state index in [1.54, 1.807) is 34.0 Å². The van der Waals surface area contributed by atoms with Crippen LogP contribution in [0.3, 0.4) is 0 Å². The number of rotatable bonds is 3. The van der Waals surface area contributed by atoms with E-state index in [-0.39, 0.29) is 12.5 Å². The van der Waals surface area contributed by atoms with Crippen LogP contribution in [0.15, 0.2) is 24.4 Å². The highest BCUT2D eigenvalue weighted by molar-refractivity contribution is 5.94. The highest BCUT2D eigenvalue weighted by atomic mass is 16.3. The molecular weight excluding hydrogens is 326 g/mol. The molecule has 3 aromatic rings. The molecule has 2 N–H and O–H groups in total. The van der Waals surface area contributed by atoms with Crippen LogP contribution in [0.2, 0.25) is 0 Å². The molecule has 0 radical (unpaired) electrons. The van der Waals surface area contributed by atoms with Crippen LogP contribution in [-0.4, -0.2) is 64.0 Å². The molecule has 0 bridgehead atoms. The van der Waals surface area contributed by atoms with E-state index in [2.05, 4.69) is 20.6 Å². The zero-order chi connectivity index (χ0) is 17.4. The van der Waals surface area contributed by atoms with Crippen molar-refractivity contribution in [2.75, 3.05) is 13.2 Å². The SMILES string of the molecule is O=C(c1ccc2nnnn2c1)N1CCCn2nc([C@@H](O)CO)cc2C1. The van der Waals surface area contributed by atoms with E-state index in [4.69, 9.17) is 5.11 Å². The number of hydrogen-bond acceptors (Lipinski definition) is 7. The Kier molecular flexibility index (Phi) is 3.90. The molecule has 10 nitrogen and oxygen atoms in total. The summed E-state index contributed by atoms with van der Waals surface area (Å²) in [6.07, 6.45) is 1.36. The van der Waals surface area contributed by atoms with Gasteiger partial charge in [-0.1, -0.05) is 0 Å². The lowest BCUT2D eigenvalue weighted by Crippen LogP contribution is -2.30. The topological polar surface area (TPSA) is 122 Å². The fraction of sp³-hybridized carbons (Fsp3) is 0.400. The molecule has 0 fully saturated rings. The molecule has 1 aliphatic heterocycles. The summed E-state index contributed by atoms with van der Waals surface area (Å²) in [6, 6.07) is 5.14. The standard InChI is InChI=1S/C15H17N7O3/c23-9-13(24)12-6-11-8-20(4-1-5-21(11)17-12)15(25)10-2-3-14-16-18-19-22(14)7-10/h2-3,6-7,13,23-24H,1,4-5,8-9H2/t13-/m0/s1. The highest BCUT2D eigenvalue weighted by Crippen LogP contribution is 2.19. The van der Waals surface area contributed by atoms with Crippen molar-refractivity contribution in [3.05, 3.63) is 41.3 Å². The Balaban J connectivity index is 1.59. The summed E-state index contributed by atoms with van der Waals surface area (Å²) < 4.78 is 3.25. The minimum absolute atomic E-state index is 0.115. The summed E-state index contributed by atoms with van der Waals surface area (Å²) in [5, 5.41) is 34.4. The van der Waals surface area contributed by atoms with Crippen LogP contribution < -0.4 is 0 Å². The Labute approximate surface area is 142 Å². The third kappa shape index (κ3) is 2.85. The largest absolute Gasteiger partial charge is 0.393 e. The van der Waals surface area contributed by atoms with Crippen molar-refractivity contribution in [3.63, 3.8) is 0 Å². The molecule has 25 heavy (non-hydrogen) atoms. The minimum Gasteiger partial charge on any atom is -0.393 e. The lowest BCUT2D eigenvalue weighted by atomic mass is 10.2. The van der Waals surface area contributed by atoms with Gasteiger partial charge in [-0.25, -0.2) is 0 Å². The van der Waals surface area contributed by atoms with Crippen molar-refractivity contribution in [2.24, 2.45) is 0 Å². The van der Waals surface area contributed by atoms with Crippen molar-refractivity contribution < 1.29 is 15.0 Å². The summed E-state index contributed by atoms with van der Waals surface area (Å²) in [6.45, 7) is 1.26. The first-order chi connectivity index (χ1) is 12.2. The van der Waals surface area contributed by atoms with Crippen LogP contribution in [-0.2, 0) is 13.1 Å². The van der Waals surface area contributed by atoms with Gasteiger partial charge in [0.15, 0.2) is 5.65 Å². The maximum absolute atomic E-state index is 12.8. The van der Waals surface area contributed by atoms with Gasteiger partial charge < -0.3 is 15.1 Å². The number of pyridine rings is 1. The van der Waals surface area contributed by atoms with E-state index in [1.165, 1.54) is 4.52 Å². The van der Waals surface area contributed by atoms with Gasteiger partial charge in [0.2, 0.25) is 0 Å². The molecule has 10 heteroatoms. The van der Waals surface area contributed by atoms with E-state index >= 15 is 0 Å². The smallest absolute Gasteiger partial charge is 0.255 e. The summed E-state index contributed by atoms with van der Waals surface area (Å²) in [5.74, 6) is -0.115. The predicted molar refractivity (Wildman–Crippen MR) is 84.4 cm³/mol. The van der Waals surface area contributed by atoms with Crippen LogP contribution in [0.1, 0.15) is 34.3 Å². The Hall–Kier alpha value is -2.85. The Bertz CT molecular complexity index is 919. The van der Waals surface area contributed by atoms with Crippen LogP contribution in [0.5, 0.6) is 0 Å². The second kappa shape index (κ2) is 6.22. The van der Waals surface area contributed by atoms with Crippen LogP contribution in [0.4, 0.5) is 0 Å². The number of aliphatic hydroxyl groups is 2. The van der Waals surface area contributed by atoms with E-state index < -0.39 is 6.10 Å². The van der Waals surface area contributed by atoms with Crippen molar-refractivity contribution in [3.8, 4) is 0 Å². The van der Waals surface area contributed by atoms with Gasteiger partial charge >= 0.3 is 0 Å². The quantitative estimate of drug-likeness (QED) is 0.651.